The molecular formula is C12H18ClNO. The second-order valence-corrected chi connectivity index (χ2v) is 4.44. The zero-order valence-corrected chi connectivity index (χ0v) is 9.97. The van der Waals surface area contributed by atoms with Crippen molar-refractivity contribution in [2.45, 2.75) is 31.9 Å². The molecule has 0 amide bonds. The molecule has 0 aromatic heterocycles. The molecule has 2 unspecified atom stereocenters. The van der Waals surface area contributed by atoms with E-state index >= 15 is 0 Å². The molecular weight excluding hydrogens is 210 g/mol. The lowest BCUT2D eigenvalue weighted by atomic mass is 9.89. The van der Waals surface area contributed by atoms with E-state index in [1.165, 1.54) is 11.1 Å². The van der Waals surface area contributed by atoms with Crippen LogP contribution in [0.15, 0.2) is 24.3 Å². The molecule has 3 heteroatoms. The zero-order valence-electron chi connectivity index (χ0n) is 9.16. The van der Waals surface area contributed by atoms with Gasteiger partial charge >= 0.3 is 0 Å². The summed E-state index contributed by atoms with van der Waals surface area (Å²) in [5.41, 5.74) is 2.49. The van der Waals surface area contributed by atoms with Crippen molar-refractivity contribution in [1.29, 1.82) is 0 Å². The third-order valence-electron chi connectivity index (χ3n) is 3.06. The number of halogens is 1. The van der Waals surface area contributed by atoms with Gasteiger partial charge in [0.05, 0.1) is 6.10 Å². The summed E-state index contributed by atoms with van der Waals surface area (Å²) >= 11 is 0. The molecule has 84 valence electrons. The molecule has 2 N–H and O–H groups in total. The lowest BCUT2D eigenvalue weighted by molar-refractivity contribution is 0.186. The molecule has 0 radical (unpaired) electrons. The van der Waals surface area contributed by atoms with E-state index < -0.39 is 0 Å². The largest absolute Gasteiger partial charge is 0.392 e. The van der Waals surface area contributed by atoms with Gasteiger partial charge in [-0.25, -0.2) is 0 Å². The highest BCUT2D eigenvalue weighted by Crippen LogP contribution is 2.30. The van der Waals surface area contributed by atoms with Gasteiger partial charge in [0.25, 0.3) is 0 Å². The van der Waals surface area contributed by atoms with Gasteiger partial charge in [0.2, 0.25) is 0 Å². The van der Waals surface area contributed by atoms with Crippen molar-refractivity contribution in [3.8, 4) is 0 Å². The minimum atomic E-state index is -0.207. The fraction of sp³-hybridized carbons (Fsp3) is 0.500. The first-order chi connectivity index (χ1) is 6.60. The van der Waals surface area contributed by atoms with Crippen LogP contribution < -0.4 is 5.32 Å². The number of aryl methyl sites for hydroxylation is 1. The summed E-state index contributed by atoms with van der Waals surface area (Å²) in [4.78, 5) is 0. The Hall–Kier alpha value is -0.570. The van der Waals surface area contributed by atoms with Gasteiger partial charge in [-0.15, -0.1) is 12.4 Å². The second kappa shape index (κ2) is 4.52. The maximum Gasteiger partial charge on any atom is 0.0685 e. The van der Waals surface area contributed by atoms with Crippen molar-refractivity contribution < 1.29 is 5.11 Å². The fourth-order valence-electron chi connectivity index (χ4n) is 2.10. The van der Waals surface area contributed by atoms with E-state index in [1.54, 1.807) is 0 Å². The predicted molar refractivity (Wildman–Crippen MR) is 64.4 cm³/mol. The molecule has 0 saturated carbocycles. The molecule has 1 aliphatic rings. The molecule has 0 bridgehead atoms. The van der Waals surface area contributed by atoms with Crippen LogP contribution in [-0.2, 0) is 5.54 Å². The SMILES string of the molecule is Cc1ccc(C2(C)CC(O)CN2)cc1.Cl. The Labute approximate surface area is 97.1 Å². The molecule has 1 aliphatic heterocycles. The van der Waals surface area contributed by atoms with Crippen LogP contribution in [0, 0.1) is 6.92 Å². The maximum absolute atomic E-state index is 9.52. The average molecular weight is 228 g/mol. The topological polar surface area (TPSA) is 32.3 Å². The van der Waals surface area contributed by atoms with Crippen LogP contribution in [0.4, 0.5) is 0 Å². The quantitative estimate of drug-likeness (QED) is 0.769. The van der Waals surface area contributed by atoms with Crippen molar-refractivity contribution in [2.24, 2.45) is 0 Å². The van der Waals surface area contributed by atoms with Gasteiger partial charge in [0, 0.05) is 12.1 Å². The monoisotopic (exact) mass is 227 g/mol. The summed E-state index contributed by atoms with van der Waals surface area (Å²) in [6, 6.07) is 8.51. The first kappa shape index (κ1) is 12.5. The van der Waals surface area contributed by atoms with E-state index in [4.69, 9.17) is 0 Å². The van der Waals surface area contributed by atoms with E-state index in [0.29, 0.717) is 6.54 Å². The van der Waals surface area contributed by atoms with Crippen LogP contribution in [0.25, 0.3) is 0 Å². The molecule has 2 atom stereocenters. The highest BCUT2D eigenvalue weighted by Gasteiger charge is 2.34. The number of aliphatic hydroxyl groups is 1. The third kappa shape index (κ3) is 2.51. The zero-order chi connectivity index (χ0) is 10.2. The maximum atomic E-state index is 9.52. The second-order valence-electron chi connectivity index (χ2n) is 4.44. The molecule has 1 aromatic rings. The standard InChI is InChI=1S/C12H17NO.ClH/c1-9-3-5-10(6-4-9)12(2)7-11(14)8-13-12;/h3-6,11,13-14H,7-8H2,1-2H3;1H. The summed E-state index contributed by atoms with van der Waals surface area (Å²) in [6.07, 6.45) is 0.595. The van der Waals surface area contributed by atoms with Crippen molar-refractivity contribution >= 4 is 12.4 Å². The molecule has 0 spiro atoms. The lowest BCUT2D eigenvalue weighted by Gasteiger charge is -2.24. The van der Waals surface area contributed by atoms with Crippen molar-refractivity contribution in [2.75, 3.05) is 6.54 Å². The third-order valence-corrected chi connectivity index (χ3v) is 3.06. The van der Waals surface area contributed by atoms with Gasteiger partial charge in [-0.05, 0) is 25.8 Å². The van der Waals surface area contributed by atoms with Gasteiger partial charge in [0.15, 0.2) is 0 Å². The van der Waals surface area contributed by atoms with E-state index in [9.17, 15) is 5.11 Å². The number of rotatable bonds is 1. The fourth-order valence-corrected chi connectivity index (χ4v) is 2.10. The van der Waals surface area contributed by atoms with Gasteiger partial charge in [-0.2, -0.15) is 0 Å². The van der Waals surface area contributed by atoms with Gasteiger partial charge in [0.1, 0.15) is 0 Å². The summed E-state index contributed by atoms with van der Waals surface area (Å²) in [7, 11) is 0. The summed E-state index contributed by atoms with van der Waals surface area (Å²) in [6.45, 7) is 4.93. The van der Waals surface area contributed by atoms with Crippen LogP contribution >= 0.6 is 12.4 Å². The first-order valence-electron chi connectivity index (χ1n) is 5.10. The number of hydrogen-bond donors (Lipinski definition) is 2. The molecule has 15 heavy (non-hydrogen) atoms. The minimum absolute atomic E-state index is 0. The Bertz CT molecular complexity index is 325. The Balaban J connectivity index is 0.00000112. The molecule has 1 saturated heterocycles. The Morgan fingerprint density at radius 3 is 2.40 bits per heavy atom. The van der Waals surface area contributed by atoms with Crippen LogP contribution in [0.3, 0.4) is 0 Å². The molecule has 1 heterocycles. The summed E-state index contributed by atoms with van der Waals surface area (Å²) in [5, 5.41) is 12.9. The van der Waals surface area contributed by atoms with E-state index in [1.807, 2.05) is 0 Å². The van der Waals surface area contributed by atoms with E-state index in [-0.39, 0.29) is 24.0 Å². The Kier molecular flexibility index (Phi) is 3.77. The number of aliphatic hydroxyl groups excluding tert-OH is 1. The predicted octanol–water partition coefficient (Wildman–Crippen LogP) is 1.99. The highest BCUT2D eigenvalue weighted by molar-refractivity contribution is 5.85. The van der Waals surface area contributed by atoms with Crippen LogP contribution in [0.5, 0.6) is 0 Å². The normalized spacial score (nSPS) is 29.9. The lowest BCUT2D eigenvalue weighted by Crippen LogP contribution is -2.32. The van der Waals surface area contributed by atoms with Crippen LogP contribution in [0.1, 0.15) is 24.5 Å². The molecule has 0 aliphatic carbocycles. The Morgan fingerprint density at radius 2 is 1.93 bits per heavy atom. The average Bonchev–Trinajstić information content (AvgIpc) is 2.48. The van der Waals surface area contributed by atoms with E-state index in [0.717, 1.165) is 6.42 Å². The molecule has 1 fully saturated rings. The van der Waals surface area contributed by atoms with Gasteiger partial charge in [-0.3, -0.25) is 0 Å². The van der Waals surface area contributed by atoms with Gasteiger partial charge < -0.3 is 10.4 Å². The number of benzene rings is 1. The molecule has 1 aromatic carbocycles. The highest BCUT2D eigenvalue weighted by atomic mass is 35.5. The van der Waals surface area contributed by atoms with Crippen molar-refractivity contribution in [3.05, 3.63) is 35.4 Å². The minimum Gasteiger partial charge on any atom is -0.392 e. The first-order valence-corrected chi connectivity index (χ1v) is 5.10. The van der Waals surface area contributed by atoms with Crippen molar-refractivity contribution in [3.63, 3.8) is 0 Å². The molecule has 2 rings (SSSR count). The van der Waals surface area contributed by atoms with Crippen LogP contribution in [-0.4, -0.2) is 17.8 Å². The number of β-amino-alcohol motifs (C(OH)–C–C–N with tert-alkyl or cyclic N) is 1. The number of nitrogens with one attached hydrogen (secondary N) is 1. The smallest absolute Gasteiger partial charge is 0.0685 e. The van der Waals surface area contributed by atoms with Gasteiger partial charge in [-0.1, -0.05) is 29.8 Å². The van der Waals surface area contributed by atoms with Crippen molar-refractivity contribution in [1.82, 2.24) is 5.32 Å². The summed E-state index contributed by atoms with van der Waals surface area (Å²) in [5.74, 6) is 0. The molecule has 2 nitrogen and oxygen atoms in total. The van der Waals surface area contributed by atoms with E-state index in [2.05, 4.69) is 43.4 Å². The number of hydrogen-bond acceptors (Lipinski definition) is 2. The summed E-state index contributed by atoms with van der Waals surface area (Å²) < 4.78 is 0. The Morgan fingerprint density at radius 1 is 1.33 bits per heavy atom. The van der Waals surface area contributed by atoms with Crippen LogP contribution in [0.2, 0.25) is 0 Å².